The fourth-order valence-electron chi connectivity index (χ4n) is 3.82. The van der Waals surface area contributed by atoms with E-state index in [1.807, 2.05) is 55.5 Å². The minimum atomic E-state index is -0.523. The van der Waals surface area contributed by atoms with Crippen molar-refractivity contribution in [2.75, 3.05) is 19.1 Å². The van der Waals surface area contributed by atoms with Crippen molar-refractivity contribution in [2.24, 2.45) is 5.92 Å². The van der Waals surface area contributed by atoms with Gasteiger partial charge in [-0.05, 0) is 30.7 Å². The second-order valence-corrected chi connectivity index (χ2v) is 7.22. The number of hydrogen-bond acceptors (Lipinski definition) is 4. The van der Waals surface area contributed by atoms with E-state index in [0.29, 0.717) is 29.4 Å². The van der Waals surface area contributed by atoms with Crippen LogP contribution in [0.5, 0.6) is 11.5 Å². The summed E-state index contributed by atoms with van der Waals surface area (Å²) in [5.41, 5.74) is 3.24. The number of rotatable bonds is 5. The predicted octanol–water partition coefficient (Wildman–Crippen LogP) is 3.87. The summed E-state index contributed by atoms with van der Waals surface area (Å²) < 4.78 is 12.3. The van der Waals surface area contributed by atoms with E-state index >= 15 is 0 Å². The first-order chi connectivity index (χ1) is 14.5. The van der Waals surface area contributed by atoms with Crippen LogP contribution in [0.3, 0.4) is 0 Å². The van der Waals surface area contributed by atoms with Gasteiger partial charge in [-0.2, -0.15) is 9.37 Å². The number of aryl methyl sites for hydroxylation is 1. The quantitative estimate of drug-likeness (QED) is 0.711. The Hall–Kier alpha value is -3.67. The van der Waals surface area contributed by atoms with Crippen LogP contribution >= 0.6 is 0 Å². The molecule has 3 amide bonds. The van der Waals surface area contributed by atoms with Gasteiger partial charge in [-0.25, -0.2) is 4.79 Å². The maximum absolute atomic E-state index is 13.5. The van der Waals surface area contributed by atoms with Crippen LogP contribution in [0.25, 0.3) is 0 Å². The van der Waals surface area contributed by atoms with E-state index in [-0.39, 0.29) is 11.9 Å². The van der Waals surface area contributed by atoms with Crippen molar-refractivity contribution in [3.63, 3.8) is 0 Å². The summed E-state index contributed by atoms with van der Waals surface area (Å²) >= 11 is 0. The number of methoxy groups -OCH3 is 2. The Labute approximate surface area is 175 Å². The van der Waals surface area contributed by atoms with Gasteiger partial charge in [0, 0.05) is 6.07 Å². The molecule has 1 heterocycles. The fourth-order valence-corrected chi connectivity index (χ4v) is 3.82. The third kappa shape index (κ3) is 3.41. The van der Waals surface area contributed by atoms with Gasteiger partial charge in [0.1, 0.15) is 23.9 Å². The standard InChI is InChI=1S/C24H23N2O4/c1-16-7-6-8-17(13-16)15-25-20-10-5-4-9-19(20)23(27)26(24(25)28)18-11-12-21(29-2)22(14-18)30-3/h4-14,19H,15H2,1-3H3/q+1. The van der Waals surface area contributed by atoms with Crippen LogP contribution in [0.15, 0.2) is 66.8 Å². The molecule has 30 heavy (non-hydrogen) atoms. The molecule has 1 unspecified atom stereocenters. The highest BCUT2D eigenvalue weighted by Crippen LogP contribution is 2.34. The molecule has 2 aromatic carbocycles. The lowest BCUT2D eigenvalue weighted by molar-refractivity contribution is -0.445. The average Bonchev–Trinajstić information content (AvgIpc) is 2.76. The summed E-state index contributed by atoms with van der Waals surface area (Å²) in [6.45, 7) is 2.39. The van der Waals surface area contributed by atoms with Crippen molar-refractivity contribution >= 4 is 23.3 Å². The van der Waals surface area contributed by atoms with E-state index in [1.165, 1.54) is 12.0 Å². The number of carbonyl (C=O) groups is 2. The van der Waals surface area contributed by atoms with Gasteiger partial charge >= 0.3 is 11.9 Å². The smallest absolute Gasteiger partial charge is 0.493 e. The van der Waals surface area contributed by atoms with Crippen LogP contribution in [0, 0.1) is 12.8 Å². The van der Waals surface area contributed by atoms with Crippen molar-refractivity contribution in [3.8, 4) is 11.5 Å². The Morgan fingerprint density at radius 2 is 1.80 bits per heavy atom. The van der Waals surface area contributed by atoms with E-state index in [2.05, 4.69) is 0 Å². The normalized spacial score (nSPS) is 18.0. The topological polar surface area (TPSA) is 58.8 Å². The number of hydrogen-bond donors (Lipinski definition) is 0. The van der Waals surface area contributed by atoms with Gasteiger partial charge in [0.15, 0.2) is 11.5 Å². The molecule has 0 aromatic heterocycles. The molecule has 0 radical (unpaired) electrons. The Morgan fingerprint density at radius 1 is 1.00 bits per heavy atom. The van der Waals surface area contributed by atoms with E-state index in [4.69, 9.17) is 9.47 Å². The molecule has 1 atom stereocenters. The fraction of sp³-hybridized carbons (Fsp3) is 0.208. The molecule has 0 spiro atoms. The van der Waals surface area contributed by atoms with Gasteiger partial charge in [0.25, 0.3) is 0 Å². The number of allylic oxidation sites excluding steroid dienone is 3. The van der Waals surface area contributed by atoms with Crippen molar-refractivity contribution in [2.45, 2.75) is 13.5 Å². The monoisotopic (exact) mass is 403 g/mol. The maximum atomic E-state index is 13.5. The molecule has 6 heteroatoms. The SMILES string of the molecule is COc1ccc(N2C(=O)C3C=CC=CC3=[N+](Cc3cccc(C)c3)C2=O)cc1OC. The molecule has 0 fully saturated rings. The molecule has 0 saturated carbocycles. The molecule has 152 valence electrons. The summed E-state index contributed by atoms with van der Waals surface area (Å²) in [6, 6.07) is 12.6. The van der Waals surface area contributed by atoms with Crippen LogP contribution in [0.4, 0.5) is 10.5 Å². The molecule has 1 aliphatic heterocycles. The van der Waals surface area contributed by atoms with Gasteiger partial charge < -0.3 is 9.47 Å². The Bertz CT molecular complexity index is 1110. The van der Waals surface area contributed by atoms with E-state index in [9.17, 15) is 9.59 Å². The Kier molecular flexibility index (Phi) is 5.23. The number of anilines is 1. The molecule has 0 saturated heterocycles. The first kappa shape index (κ1) is 19.6. The van der Waals surface area contributed by atoms with Gasteiger partial charge in [-0.1, -0.05) is 48.1 Å². The number of imide groups is 1. The van der Waals surface area contributed by atoms with E-state index in [1.54, 1.807) is 29.9 Å². The van der Waals surface area contributed by atoms with Gasteiger partial charge in [0.05, 0.1) is 14.2 Å². The minimum Gasteiger partial charge on any atom is -0.493 e. The summed E-state index contributed by atoms with van der Waals surface area (Å²) in [4.78, 5) is 28.0. The number of urea groups is 1. The summed E-state index contributed by atoms with van der Waals surface area (Å²) in [5, 5.41) is 0. The third-order valence-corrected chi connectivity index (χ3v) is 5.27. The second-order valence-electron chi connectivity index (χ2n) is 7.22. The van der Waals surface area contributed by atoms with Crippen molar-refractivity contribution in [1.29, 1.82) is 0 Å². The largest absolute Gasteiger partial charge is 0.506 e. The molecular formula is C24H23N2O4+. The molecule has 4 rings (SSSR count). The average molecular weight is 403 g/mol. The van der Waals surface area contributed by atoms with Crippen molar-refractivity contribution in [3.05, 3.63) is 77.9 Å². The molecule has 1 aliphatic carbocycles. The molecule has 6 nitrogen and oxygen atoms in total. The van der Waals surface area contributed by atoms with Crippen molar-refractivity contribution in [1.82, 2.24) is 0 Å². The van der Waals surface area contributed by atoms with E-state index < -0.39 is 5.92 Å². The number of fused-ring (bicyclic) bond motifs is 1. The highest BCUT2D eigenvalue weighted by Gasteiger charge is 2.48. The Morgan fingerprint density at radius 3 is 2.53 bits per heavy atom. The molecular weight excluding hydrogens is 380 g/mol. The lowest BCUT2D eigenvalue weighted by Gasteiger charge is -2.27. The summed E-state index contributed by atoms with van der Waals surface area (Å²) in [5.74, 6) is 0.172. The maximum Gasteiger partial charge on any atom is 0.506 e. The third-order valence-electron chi connectivity index (χ3n) is 5.27. The number of ether oxygens (including phenoxy) is 2. The molecule has 0 N–H and O–H groups in total. The number of nitrogens with zero attached hydrogens (tertiary/aromatic N) is 2. The lowest BCUT2D eigenvalue weighted by Crippen LogP contribution is -2.54. The predicted molar refractivity (Wildman–Crippen MR) is 114 cm³/mol. The number of benzene rings is 2. The van der Waals surface area contributed by atoms with Gasteiger partial charge in [-0.15, -0.1) is 4.90 Å². The van der Waals surface area contributed by atoms with Crippen molar-refractivity contribution < 1.29 is 23.6 Å². The van der Waals surface area contributed by atoms with Crippen LogP contribution < -0.4 is 14.4 Å². The summed E-state index contributed by atoms with van der Waals surface area (Å²) in [6.07, 6.45) is 7.34. The van der Waals surface area contributed by atoms with Crippen LogP contribution in [0.2, 0.25) is 0 Å². The molecule has 0 bridgehead atoms. The first-order valence-corrected chi connectivity index (χ1v) is 9.68. The molecule has 2 aromatic rings. The Balaban J connectivity index is 1.80. The van der Waals surface area contributed by atoms with Gasteiger partial charge in [0.2, 0.25) is 0 Å². The zero-order valence-corrected chi connectivity index (χ0v) is 17.2. The van der Waals surface area contributed by atoms with Crippen LogP contribution in [-0.2, 0) is 11.3 Å². The van der Waals surface area contributed by atoms with Gasteiger partial charge in [-0.3, -0.25) is 0 Å². The van der Waals surface area contributed by atoms with Crippen LogP contribution in [-0.4, -0.2) is 36.4 Å². The molecule has 2 aliphatic rings. The van der Waals surface area contributed by atoms with E-state index in [0.717, 1.165) is 11.1 Å². The van der Waals surface area contributed by atoms with Crippen LogP contribution in [0.1, 0.15) is 11.1 Å². The minimum absolute atomic E-state index is 0.289. The number of amides is 3. The lowest BCUT2D eigenvalue weighted by atomic mass is 9.94. The number of carbonyl (C=O) groups excluding carboxylic acids is 2. The second kappa shape index (κ2) is 7.99. The highest BCUT2D eigenvalue weighted by molar-refractivity contribution is 6.25. The zero-order chi connectivity index (χ0) is 21.3. The first-order valence-electron chi connectivity index (χ1n) is 9.68. The zero-order valence-electron chi connectivity index (χ0n) is 17.2. The highest BCUT2D eigenvalue weighted by atomic mass is 16.5. The summed E-state index contributed by atoms with van der Waals surface area (Å²) in [7, 11) is 3.06.